The Hall–Kier alpha value is -1.63. The zero-order chi connectivity index (χ0) is 7.23. The van der Waals surface area contributed by atoms with Gasteiger partial charge in [0.15, 0.2) is 5.82 Å². The van der Waals surface area contributed by atoms with Gasteiger partial charge in [-0.1, -0.05) is 5.92 Å². The molecule has 0 bridgehead atoms. The summed E-state index contributed by atoms with van der Waals surface area (Å²) in [6, 6.07) is 1.70. The molecule has 50 valence electrons. The van der Waals surface area contributed by atoms with Crippen LogP contribution in [0.3, 0.4) is 0 Å². The molecule has 4 nitrogen and oxygen atoms in total. The predicted octanol–water partition coefficient (Wildman–Crippen LogP) is -0.0833. The Kier molecular flexibility index (Phi) is 2.21. The second-order valence-corrected chi connectivity index (χ2v) is 1.56. The topological polar surface area (TPSA) is 50.7 Å². The number of anilines is 1. The van der Waals surface area contributed by atoms with Gasteiger partial charge in [0.1, 0.15) is 0 Å². The molecule has 0 unspecified atom stereocenters. The van der Waals surface area contributed by atoms with Crippen molar-refractivity contribution in [2.24, 2.45) is 0 Å². The fourth-order valence-corrected chi connectivity index (χ4v) is 0.477. The molecule has 1 rings (SSSR count). The first kappa shape index (κ1) is 6.49. The highest BCUT2D eigenvalue weighted by molar-refractivity contribution is 5.31. The van der Waals surface area contributed by atoms with Gasteiger partial charge in [-0.15, -0.1) is 16.6 Å². The van der Waals surface area contributed by atoms with Crippen molar-refractivity contribution in [3.8, 4) is 12.3 Å². The number of aromatic nitrogens is 3. The minimum absolute atomic E-state index is 0.457. The molecule has 0 saturated carbocycles. The smallest absolute Gasteiger partial charge is 0.152 e. The molecule has 10 heavy (non-hydrogen) atoms. The van der Waals surface area contributed by atoms with E-state index in [2.05, 4.69) is 26.6 Å². The van der Waals surface area contributed by atoms with E-state index < -0.39 is 0 Å². The first-order chi connectivity index (χ1) is 4.93. The maximum Gasteiger partial charge on any atom is 0.152 e. The lowest BCUT2D eigenvalue weighted by molar-refractivity contribution is 0.867. The summed E-state index contributed by atoms with van der Waals surface area (Å²) in [6.07, 6.45) is 6.55. The van der Waals surface area contributed by atoms with Crippen LogP contribution >= 0.6 is 0 Å². The Morgan fingerprint density at radius 3 is 3.20 bits per heavy atom. The Labute approximate surface area is 58.7 Å². The number of terminal acetylenes is 1. The average molecular weight is 134 g/mol. The van der Waals surface area contributed by atoms with Crippen molar-refractivity contribution in [2.75, 3.05) is 11.9 Å². The lowest BCUT2D eigenvalue weighted by Crippen LogP contribution is -2.01. The third kappa shape index (κ3) is 1.71. The van der Waals surface area contributed by atoms with Crippen LogP contribution in [0.2, 0.25) is 0 Å². The standard InChI is InChI=1S/C6H6N4/c1-2-4-7-6-3-5-8-10-9-6/h1,3,5H,4H2,(H,7,8,9). The molecular weight excluding hydrogens is 128 g/mol. The highest BCUT2D eigenvalue weighted by atomic mass is 15.3. The van der Waals surface area contributed by atoms with E-state index in [-0.39, 0.29) is 0 Å². The average Bonchev–Trinajstić information content (AvgIpc) is 2.03. The normalized spacial score (nSPS) is 8.30. The van der Waals surface area contributed by atoms with E-state index in [4.69, 9.17) is 6.42 Å². The van der Waals surface area contributed by atoms with Crippen LogP contribution < -0.4 is 5.32 Å². The maximum absolute atomic E-state index is 5.00. The summed E-state index contributed by atoms with van der Waals surface area (Å²) in [6.45, 7) is 0.457. The maximum atomic E-state index is 5.00. The van der Waals surface area contributed by atoms with E-state index in [1.165, 1.54) is 0 Å². The first-order valence-electron chi connectivity index (χ1n) is 2.75. The van der Waals surface area contributed by atoms with E-state index in [0.717, 1.165) is 0 Å². The van der Waals surface area contributed by atoms with Crippen molar-refractivity contribution in [1.82, 2.24) is 15.4 Å². The molecule has 1 heterocycles. The SMILES string of the molecule is C#CCNc1ccnnn1. The minimum Gasteiger partial charge on any atom is -0.358 e. The first-order valence-corrected chi connectivity index (χ1v) is 2.75. The van der Waals surface area contributed by atoms with Crippen LogP contribution in [0.4, 0.5) is 5.82 Å². The monoisotopic (exact) mass is 134 g/mol. The van der Waals surface area contributed by atoms with E-state index in [1.54, 1.807) is 12.3 Å². The van der Waals surface area contributed by atoms with Crippen LogP contribution in [0.15, 0.2) is 12.3 Å². The predicted molar refractivity (Wildman–Crippen MR) is 37.1 cm³/mol. The number of hydrogen-bond donors (Lipinski definition) is 1. The zero-order valence-corrected chi connectivity index (χ0v) is 5.28. The number of hydrogen-bond acceptors (Lipinski definition) is 4. The molecule has 0 fully saturated rings. The Morgan fingerprint density at radius 2 is 2.60 bits per heavy atom. The van der Waals surface area contributed by atoms with Crippen LogP contribution in [0, 0.1) is 12.3 Å². The van der Waals surface area contributed by atoms with Crippen LogP contribution in [-0.4, -0.2) is 22.0 Å². The van der Waals surface area contributed by atoms with Crippen LogP contribution in [-0.2, 0) is 0 Å². The molecule has 1 N–H and O–H groups in total. The van der Waals surface area contributed by atoms with Crippen molar-refractivity contribution in [1.29, 1.82) is 0 Å². The van der Waals surface area contributed by atoms with Crippen molar-refractivity contribution in [3.63, 3.8) is 0 Å². The van der Waals surface area contributed by atoms with Gasteiger partial charge < -0.3 is 5.32 Å². The van der Waals surface area contributed by atoms with Gasteiger partial charge in [0.2, 0.25) is 0 Å². The van der Waals surface area contributed by atoms with E-state index >= 15 is 0 Å². The molecule has 0 spiro atoms. The van der Waals surface area contributed by atoms with E-state index in [9.17, 15) is 0 Å². The third-order valence-electron chi connectivity index (χ3n) is 0.875. The van der Waals surface area contributed by atoms with E-state index in [0.29, 0.717) is 12.4 Å². The van der Waals surface area contributed by atoms with Crippen molar-refractivity contribution in [2.45, 2.75) is 0 Å². The summed E-state index contributed by atoms with van der Waals surface area (Å²) in [4.78, 5) is 0. The highest BCUT2D eigenvalue weighted by Crippen LogP contribution is 1.93. The summed E-state index contributed by atoms with van der Waals surface area (Å²) < 4.78 is 0. The summed E-state index contributed by atoms with van der Waals surface area (Å²) in [7, 11) is 0. The minimum atomic E-state index is 0.457. The molecule has 1 aromatic rings. The lowest BCUT2D eigenvalue weighted by Gasteiger charge is -1.95. The van der Waals surface area contributed by atoms with Gasteiger partial charge in [-0.2, -0.15) is 0 Å². The zero-order valence-electron chi connectivity index (χ0n) is 5.28. The summed E-state index contributed by atoms with van der Waals surface area (Å²) in [5.74, 6) is 3.06. The van der Waals surface area contributed by atoms with Crippen molar-refractivity contribution < 1.29 is 0 Å². The van der Waals surface area contributed by atoms with Gasteiger partial charge in [-0.05, 0) is 5.21 Å². The summed E-state index contributed by atoms with van der Waals surface area (Å²) >= 11 is 0. The van der Waals surface area contributed by atoms with Gasteiger partial charge in [-0.3, -0.25) is 0 Å². The summed E-state index contributed by atoms with van der Waals surface area (Å²) in [5.41, 5.74) is 0. The second-order valence-electron chi connectivity index (χ2n) is 1.56. The van der Waals surface area contributed by atoms with Crippen LogP contribution in [0.1, 0.15) is 0 Å². The highest BCUT2D eigenvalue weighted by Gasteiger charge is 1.86. The molecule has 0 aliphatic rings. The fourth-order valence-electron chi connectivity index (χ4n) is 0.477. The number of nitrogens with zero attached hydrogens (tertiary/aromatic N) is 3. The fraction of sp³-hybridized carbons (Fsp3) is 0.167. The molecule has 0 saturated heterocycles. The largest absolute Gasteiger partial charge is 0.358 e. The molecule has 4 heteroatoms. The van der Waals surface area contributed by atoms with Gasteiger partial charge >= 0.3 is 0 Å². The molecular formula is C6H6N4. The Balaban J connectivity index is 2.52. The van der Waals surface area contributed by atoms with Gasteiger partial charge in [0.05, 0.1) is 12.7 Å². The molecule has 0 aromatic carbocycles. The molecule has 0 amide bonds. The van der Waals surface area contributed by atoms with Gasteiger partial charge in [0.25, 0.3) is 0 Å². The number of rotatable bonds is 2. The Morgan fingerprint density at radius 1 is 1.70 bits per heavy atom. The molecule has 0 aliphatic heterocycles. The lowest BCUT2D eigenvalue weighted by atomic mass is 10.6. The molecule has 0 atom stereocenters. The molecule has 0 aliphatic carbocycles. The number of nitrogens with one attached hydrogen (secondary N) is 1. The molecule has 0 radical (unpaired) electrons. The molecule has 1 aromatic heterocycles. The van der Waals surface area contributed by atoms with E-state index in [1.807, 2.05) is 0 Å². The quantitative estimate of drug-likeness (QED) is 0.574. The van der Waals surface area contributed by atoms with Crippen molar-refractivity contribution >= 4 is 5.82 Å². The van der Waals surface area contributed by atoms with Crippen LogP contribution in [0.25, 0.3) is 0 Å². The summed E-state index contributed by atoms with van der Waals surface area (Å²) in [5, 5.41) is 13.4. The second kappa shape index (κ2) is 3.41. The van der Waals surface area contributed by atoms with Crippen molar-refractivity contribution in [3.05, 3.63) is 12.3 Å². The Bertz CT molecular complexity index is 225. The van der Waals surface area contributed by atoms with Gasteiger partial charge in [-0.25, -0.2) is 0 Å². The van der Waals surface area contributed by atoms with Crippen LogP contribution in [0.5, 0.6) is 0 Å². The van der Waals surface area contributed by atoms with Gasteiger partial charge in [0, 0.05) is 6.07 Å². The third-order valence-corrected chi connectivity index (χ3v) is 0.875.